The Bertz CT molecular complexity index is 821. The molecule has 0 aromatic heterocycles. The number of ether oxygens (including phenoxy) is 2. The van der Waals surface area contributed by atoms with Gasteiger partial charge in [-0.3, -0.25) is 0 Å². The molecule has 170 valence electrons. The van der Waals surface area contributed by atoms with Crippen molar-refractivity contribution in [1.82, 2.24) is 4.90 Å². The minimum atomic E-state index is 0.0899. The molecule has 1 heterocycles. The Morgan fingerprint density at radius 1 is 1.06 bits per heavy atom. The maximum absolute atomic E-state index is 6.48. The van der Waals surface area contributed by atoms with Crippen molar-refractivity contribution in [2.75, 3.05) is 32.8 Å². The topological polar surface area (TPSA) is 21.7 Å². The zero-order chi connectivity index (χ0) is 22.4. The summed E-state index contributed by atoms with van der Waals surface area (Å²) in [5.41, 5.74) is 2.35. The highest BCUT2D eigenvalue weighted by Gasteiger charge is 2.35. The van der Waals surface area contributed by atoms with Crippen LogP contribution in [0.15, 0.2) is 42.5 Å². The second-order valence-corrected chi connectivity index (χ2v) is 9.55. The van der Waals surface area contributed by atoms with Crippen LogP contribution in [0.3, 0.4) is 0 Å². The minimum Gasteiger partial charge on any atom is -0.492 e. The Kier molecular flexibility index (Phi) is 9.09. The van der Waals surface area contributed by atoms with Crippen LogP contribution in [0, 0.1) is 11.8 Å². The molecule has 2 aromatic carbocycles. The Balaban J connectivity index is 1.65. The summed E-state index contributed by atoms with van der Waals surface area (Å²) in [7, 11) is 0. The lowest BCUT2D eigenvalue weighted by atomic mass is 9.76. The predicted molar refractivity (Wildman–Crippen MR) is 131 cm³/mol. The first kappa shape index (κ1) is 24.4. The molecule has 5 heteroatoms. The van der Waals surface area contributed by atoms with E-state index in [-0.39, 0.29) is 12.0 Å². The third kappa shape index (κ3) is 6.38. The summed E-state index contributed by atoms with van der Waals surface area (Å²) < 4.78 is 12.4. The molecule has 1 aliphatic heterocycles. The summed E-state index contributed by atoms with van der Waals surface area (Å²) in [5.74, 6) is 2.12. The summed E-state index contributed by atoms with van der Waals surface area (Å²) in [6.07, 6.45) is 1.14. The fraction of sp³-hybridized carbons (Fsp3) is 0.538. The van der Waals surface area contributed by atoms with Crippen molar-refractivity contribution >= 4 is 23.2 Å². The number of likely N-dealkylation sites (N-methyl/N-ethyl adjacent to an activating group) is 1. The molecule has 0 unspecified atom stereocenters. The number of hydrogen-bond donors (Lipinski definition) is 0. The quantitative estimate of drug-likeness (QED) is 0.391. The first-order valence-electron chi connectivity index (χ1n) is 11.4. The highest BCUT2D eigenvalue weighted by Crippen LogP contribution is 2.45. The zero-order valence-corrected chi connectivity index (χ0v) is 20.6. The number of hydrogen-bond acceptors (Lipinski definition) is 3. The molecule has 2 aromatic rings. The van der Waals surface area contributed by atoms with Gasteiger partial charge >= 0.3 is 0 Å². The van der Waals surface area contributed by atoms with Gasteiger partial charge in [0.25, 0.3) is 0 Å². The predicted octanol–water partition coefficient (Wildman–Crippen LogP) is 7.23. The molecule has 3 nitrogen and oxygen atoms in total. The van der Waals surface area contributed by atoms with Crippen LogP contribution in [0.25, 0.3) is 0 Å². The van der Waals surface area contributed by atoms with Gasteiger partial charge in [-0.05, 0) is 66.7 Å². The smallest absolute Gasteiger partial charge is 0.119 e. The molecule has 0 aliphatic carbocycles. The molecule has 0 N–H and O–H groups in total. The van der Waals surface area contributed by atoms with Crippen LogP contribution in [0.1, 0.15) is 57.3 Å². The van der Waals surface area contributed by atoms with Crippen LogP contribution in [0.5, 0.6) is 5.75 Å². The van der Waals surface area contributed by atoms with Crippen LogP contribution >= 0.6 is 23.2 Å². The largest absolute Gasteiger partial charge is 0.492 e. The molecule has 0 spiro atoms. The second kappa shape index (κ2) is 11.6. The van der Waals surface area contributed by atoms with E-state index in [0.29, 0.717) is 30.1 Å². The average molecular weight is 464 g/mol. The highest BCUT2D eigenvalue weighted by atomic mass is 35.5. The van der Waals surface area contributed by atoms with Crippen molar-refractivity contribution < 1.29 is 9.47 Å². The fourth-order valence-electron chi connectivity index (χ4n) is 4.46. The van der Waals surface area contributed by atoms with Gasteiger partial charge in [0, 0.05) is 22.5 Å². The molecule has 0 amide bonds. The van der Waals surface area contributed by atoms with E-state index < -0.39 is 0 Å². The molecular formula is C26H35Cl2NO2. The Hall–Kier alpha value is -1.26. The van der Waals surface area contributed by atoms with Gasteiger partial charge in [0.05, 0.1) is 12.7 Å². The summed E-state index contributed by atoms with van der Waals surface area (Å²) in [4.78, 5) is 2.36. The van der Waals surface area contributed by atoms with E-state index in [1.54, 1.807) is 0 Å². The third-order valence-electron chi connectivity index (χ3n) is 6.46. The first-order valence-corrected chi connectivity index (χ1v) is 12.2. The van der Waals surface area contributed by atoms with E-state index in [4.69, 9.17) is 32.7 Å². The monoisotopic (exact) mass is 463 g/mol. The van der Waals surface area contributed by atoms with Gasteiger partial charge in [0.2, 0.25) is 0 Å². The summed E-state index contributed by atoms with van der Waals surface area (Å²) in [5, 5.41) is 1.40. The van der Waals surface area contributed by atoms with Crippen molar-refractivity contribution in [3.8, 4) is 5.75 Å². The molecule has 3 rings (SSSR count). The lowest BCUT2D eigenvalue weighted by Crippen LogP contribution is -2.31. The van der Waals surface area contributed by atoms with E-state index in [0.717, 1.165) is 42.4 Å². The van der Waals surface area contributed by atoms with Crippen LogP contribution in [0.2, 0.25) is 10.0 Å². The molecule has 1 aliphatic rings. The van der Waals surface area contributed by atoms with Crippen LogP contribution in [-0.2, 0) is 4.74 Å². The van der Waals surface area contributed by atoms with Gasteiger partial charge in [-0.2, -0.15) is 0 Å². The molecule has 1 saturated heterocycles. The normalized spacial score (nSPS) is 21.6. The van der Waals surface area contributed by atoms with Gasteiger partial charge in [-0.1, -0.05) is 69.1 Å². The van der Waals surface area contributed by atoms with Crippen LogP contribution in [-0.4, -0.2) is 37.7 Å². The molecule has 0 saturated carbocycles. The summed E-state index contributed by atoms with van der Waals surface area (Å²) in [6.45, 7) is 13.3. The van der Waals surface area contributed by atoms with E-state index in [1.807, 2.05) is 18.2 Å². The van der Waals surface area contributed by atoms with Crippen LogP contribution < -0.4 is 4.74 Å². The number of benzene rings is 2. The lowest BCUT2D eigenvalue weighted by Gasteiger charge is -2.39. The van der Waals surface area contributed by atoms with Crippen molar-refractivity contribution in [3.63, 3.8) is 0 Å². The Labute approximate surface area is 197 Å². The van der Waals surface area contributed by atoms with Gasteiger partial charge in [-0.25, -0.2) is 0 Å². The molecular weight excluding hydrogens is 429 g/mol. The van der Waals surface area contributed by atoms with Crippen molar-refractivity contribution in [2.45, 2.75) is 46.1 Å². The van der Waals surface area contributed by atoms with E-state index in [2.05, 4.69) is 56.9 Å². The third-order valence-corrected chi connectivity index (χ3v) is 7.02. The Morgan fingerprint density at radius 2 is 1.77 bits per heavy atom. The number of halogens is 2. The molecule has 1 fully saturated rings. The molecule has 3 atom stereocenters. The number of rotatable bonds is 9. The number of nitrogens with zero attached hydrogens (tertiary/aromatic N) is 1. The zero-order valence-electron chi connectivity index (χ0n) is 19.1. The first-order chi connectivity index (χ1) is 14.9. The van der Waals surface area contributed by atoms with Crippen molar-refractivity contribution in [3.05, 3.63) is 63.6 Å². The van der Waals surface area contributed by atoms with Gasteiger partial charge in [-0.15, -0.1) is 0 Å². The highest BCUT2D eigenvalue weighted by molar-refractivity contribution is 6.35. The van der Waals surface area contributed by atoms with Crippen molar-refractivity contribution in [2.24, 2.45) is 11.8 Å². The second-order valence-electron chi connectivity index (χ2n) is 8.70. The van der Waals surface area contributed by atoms with Gasteiger partial charge in [0.15, 0.2) is 0 Å². The standard InChI is InChI=1S/C26H35Cl2NO2/c1-5-29(6-2)13-14-30-22-10-7-19(8-11-22)26-24(18(3)4)15-20(17-31-26)23-12-9-21(27)16-25(23)28/h7-12,16,18,20,24,26H,5-6,13-15,17H2,1-4H3/t20-,24-,26-/m0/s1. The van der Waals surface area contributed by atoms with Gasteiger partial charge in [0.1, 0.15) is 12.4 Å². The maximum atomic E-state index is 6.48. The maximum Gasteiger partial charge on any atom is 0.119 e. The fourth-order valence-corrected chi connectivity index (χ4v) is 5.03. The molecule has 31 heavy (non-hydrogen) atoms. The minimum absolute atomic E-state index is 0.0899. The van der Waals surface area contributed by atoms with E-state index >= 15 is 0 Å². The average Bonchev–Trinajstić information content (AvgIpc) is 2.77. The summed E-state index contributed by atoms with van der Waals surface area (Å²) in [6, 6.07) is 14.2. The van der Waals surface area contributed by atoms with E-state index in [1.165, 1.54) is 5.56 Å². The van der Waals surface area contributed by atoms with Crippen molar-refractivity contribution in [1.29, 1.82) is 0 Å². The van der Waals surface area contributed by atoms with E-state index in [9.17, 15) is 0 Å². The molecule has 0 radical (unpaired) electrons. The van der Waals surface area contributed by atoms with Crippen LogP contribution in [0.4, 0.5) is 0 Å². The molecule has 0 bridgehead atoms. The lowest BCUT2D eigenvalue weighted by molar-refractivity contribution is -0.0552. The Morgan fingerprint density at radius 3 is 2.39 bits per heavy atom. The summed E-state index contributed by atoms with van der Waals surface area (Å²) >= 11 is 12.6. The SMILES string of the molecule is CCN(CC)CCOc1ccc([C@@H]2OC[C@@H](c3ccc(Cl)cc3Cl)C[C@H]2C(C)C)cc1. The van der Waals surface area contributed by atoms with Gasteiger partial charge < -0.3 is 14.4 Å².